The summed E-state index contributed by atoms with van der Waals surface area (Å²) in [7, 11) is 0. The fourth-order valence-electron chi connectivity index (χ4n) is 2.74. The Labute approximate surface area is 109 Å². The first-order valence-electron chi connectivity index (χ1n) is 6.72. The molecule has 2 N–H and O–H groups in total. The SMILES string of the molecule is CC(C)C1CC(O)C(O)CN1Cc1ccccc1. The molecule has 1 aromatic carbocycles. The molecule has 2 rings (SSSR count). The summed E-state index contributed by atoms with van der Waals surface area (Å²) in [5, 5.41) is 19.6. The van der Waals surface area contributed by atoms with Crippen molar-refractivity contribution in [2.24, 2.45) is 5.92 Å². The van der Waals surface area contributed by atoms with E-state index in [0.717, 1.165) is 6.54 Å². The topological polar surface area (TPSA) is 43.7 Å². The van der Waals surface area contributed by atoms with Gasteiger partial charge in [0.15, 0.2) is 0 Å². The Morgan fingerprint density at radius 2 is 1.83 bits per heavy atom. The molecule has 18 heavy (non-hydrogen) atoms. The lowest BCUT2D eigenvalue weighted by molar-refractivity contribution is -0.0731. The molecular formula is C15H23NO2. The molecule has 3 nitrogen and oxygen atoms in total. The van der Waals surface area contributed by atoms with E-state index in [-0.39, 0.29) is 0 Å². The highest BCUT2D eigenvalue weighted by molar-refractivity contribution is 5.15. The molecule has 0 radical (unpaired) electrons. The van der Waals surface area contributed by atoms with Crippen molar-refractivity contribution in [2.75, 3.05) is 6.54 Å². The van der Waals surface area contributed by atoms with Crippen LogP contribution >= 0.6 is 0 Å². The molecule has 1 aromatic rings. The maximum atomic E-state index is 9.83. The van der Waals surface area contributed by atoms with Crippen LogP contribution in [0.5, 0.6) is 0 Å². The highest BCUT2D eigenvalue weighted by Gasteiger charge is 2.34. The quantitative estimate of drug-likeness (QED) is 0.856. The molecule has 1 saturated heterocycles. The predicted octanol–water partition coefficient (Wildman–Crippen LogP) is 1.64. The van der Waals surface area contributed by atoms with Gasteiger partial charge in [0.2, 0.25) is 0 Å². The van der Waals surface area contributed by atoms with Crippen LogP contribution in [-0.4, -0.2) is 39.9 Å². The average molecular weight is 249 g/mol. The maximum absolute atomic E-state index is 9.83. The van der Waals surface area contributed by atoms with E-state index in [4.69, 9.17) is 0 Å². The van der Waals surface area contributed by atoms with Crippen LogP contribution in [0, 0.1) is 5.92 Å². The van der Waals surface area contributed by atoms with E-state index < -0.39 is 12.2 Å². The van der Waals surface area contributed by atoms with Crippen molar-refractivity contribution in [1.29, 1.82) is 0 Å². The summed E-state index contributed by atoms with van der Waals surface area (Å²) in [4.78, 5) is 2.29. The first kappa shape index (κ1) is 13.5. The minimum Gasteiger partial charge on any atom is -0.390 e. The number of benzene rings is 1. The number of β-amino-alcohol motifs (C(OH)–C–C–N with tert-alkyl or cyclic N) is 1. The summed E-state index contributed by atoms with van der Waals surface area (Å²) in [5.74, 6) is 0.482. The molecule has 0 saturated carbocycles. The minimum atomic E-state index is -0.622. The van der Waals surface area contributed by atoms with Crippen LogP contribution in [0.3, 0.4) is 0 Å². The van der Waals surface area contributed by atoms with Crippen molar-refractivity contribution >= 4 is 0 Å². The molecule has 0 aliphatic carbocycles. The second-order valence-corrected chi connectivity index (χ2v) is 5.60. The smallest absolute Gasteiger partial charge is 0.0926 e. The third kappa shape index (κ3) is 3.10. The van der Waals surface area contributed by atoms with Gasteiger partial charge in [0.25, 0.3) is 0 Å². The van der Waals surface area contributed by atoms with Crippen LogP contribution in [0.25, 0.3) is 0 Å². The number of piperidine rings is 1. The highest BCUT2D eigenvalue weighted by Crippen LogP contribution is 2.25. The van der Waals surface area contributed by atoms with Gasteiger partial charge < -0.3 is 10.2 Å². The Bertz CT molecular complexity index is 366. The zero-order chi connectivity index (χ0) is 13.1. The van der Waals surface area contributed by atoms with Gasteiger partial charge in [0.1, 0.15) is 0 Å². The molecule has 0 aromatic heterocycles. The van der Waals surface area contributed by atoms with Crippen LogP contribution in [0.4, 0.5) is 0 Å². The molecule has 1 fully saturated rings. The highest BCUT2D eigenvalue weighted by atomic mass is 16.3. The number of hydrogen-bond acceptors (Lipinski definition) is 3. The van der Waals surface area contributed by atoms with E-state index in [1.165, 1.54) is 5.56 Å². The van der Waals surface area contributed by atoms with Crippen molar-refractivity contribution in [1.82, 2.24) is 4.90 Å². The summed E-state index contributed by atoms with van der Waals surface area (Å²) in [6, 6.07) is 10.6. The van der Waals surface area contributed by atoms with Gasteiger partial charge >= 0.3 is 0 Å². The third-order valence-corrected chi connectivity index (χ3v) is 3.82. The average Bonchev–Trinajstić information content (AvgIpc) is 2.34. The van der Waals surface area contributed by atoms with Gasteiger partial charge in [-0.3, -0.25) is 4.90 Å². The van der Waals surface area contributed by atoms with Gasteiger partial charge in [-0.15, -0.1) is 0 Å². The van der Waals surface area contributed by atoms with Crippen molar-refractivity contribution in [3.63, 3.8) is 0 Å². The summed E-state index contributed by atoms with van der Waals surface area (Å²) >= 11 is 0. The Kier molecular flexibility index (Phi) is 4.38. The predicted molar refractivity (Wildman–Crippen MR) is 72.1 cm³/mol. The van der Waals surface area contributed by atoms with Gasteiger partial charge in [-0.1, -0.05) is 44.2 Å². The Morgan fingerprint density at radius 3 is 2.44 bits per heavy atom. The first-order valence-corrected chi connectivity index (χ1v) is 6.72. The third-order valence-electron chi connectivity index (χ3n) is 3.82. The van der Waals surface area contributed by atoms with Crippen molar-refractivity contribution in [3.05, 3.63) is 35.9 Å². The zero-order valence-electron chi connectivity index (χ0n) is 11.2. The molecule has 1 aliphatic heterocycles. The number of hydrogen-bond donors (Lipinski definition) is 2. The maximum Gasteiger partial charge on any atom is 0.0926 e. The molecule has 3 heteroatoms. The first-order chi connectivity index (χ1) is 8.58. The Hall–Kier alpha value is -0.900. The lowest BCUT2D eigenvalue weighted by Crippen LogP contribution is -2.53. The van der Waals surface area contributed by atoms with Gasteiger partial charge in [-0.05, 0) is 17.9 Å². The van der Waals surface area contributed by atoms with E-state index in [1.54, 1.807) is 0 Å². The van der Waals surface area contributed by atoms with E-state index in [0.29, 0.717) is 24.9 Å². The molecule has 3 atom stereocenters. The van der Waals surface area contributed by atoms with Crippen molar-refractivity contribution in [2.45, 2.75) is 45.1 Å². The second-order valence-electron chi connectivity index (χ2n) is 5.60. The van der Waals surface area contributed by atoms with Crippen LogP contribution in [0.2, 0.25) is 0 Å². The van der Waals surface area contributed by atoms with Gasteiger partial charge in [-0.25, -0.2) is 0 Å². The summed E-state index contributed by atoms with van der Waals surface area (Å²) in [6.07, 6.45) is -0.542. The number of likely N-dealkylation sites (tertiary alicyclic amines) is 1. The zero-order valence-corrected chi connectivity index (χ0v) is 11.2. The molecule has 3 unspecified atom stereocenters. The Morgan fingerprint density at radius 1 is 1.17 bits per heavy atom. The number of aliphatic hydroxyl groups is 2. The van der Waals surface area contributed by atoms with Crippen LogP contribution in [0.1, 0.15) is 25.8 Å². The van der Waals surface area contributed by atoms with Gasteiger partial charge in [-0.2, -0.15) is 0 Å². The van der Waals surface area contributed by atoms with Gasteiger partial charge in [0, 0.05) is 19.1 Å². The molecular weight excluding hydrogens is 226 g/mol. The van der Waals surface area contributed by atoms with Crippen molar-refractivity contribution in [3.8, 4) is 0 Å². The largest absolute Gasteiger partial charge is 0.390 e. The van der Waals surface area contributed by atoms with Crippen LogP contribution < -0.4 is 0 Å². The second kappa shape index (κ2) is 5.83. The fourth-order valence-corrected chi connectivity index (χ4v) is 2.74. The van der Waals surface area contributed by atoms with E-state index in [9.17, 15) is 10.2 Å². The Balaban J connectivity index is 2.08. The molecule has 100 valence electrons. The minimum absolute atomic E-state index is 0.337. The number of rotatable bonds is 3. The summed E-state index contributed by atoms with van der Waals surface area (Å²) < 4.78 is 0. The van der Waals surface area contributed by atoms with Crippen molar-refractivity contribution < 1.29 is 10.2 Å². The van der Waals surface area contributed by atoms with E-state index in [1.807, 2.05) is 18.2 Å². The molecule has 0 spiro atoms. The van der Waals surface area contributed by atoms with Crippen LogP contribution in [0.15, 0.2) is 30.3 Å². The standard InChI is InChI=1S/C15H23NO2/c1-11(2)13-8-14(17)15(18)10-16(13)9-12-6-4-3-5-7-12/h3-7,11,13-15,17-18H,8-10H2,1-2H3. The lowest BCUT2D eigenvalue weighted by Gasteiger charge is -2.42. The number of aliphatic hydroxyl groups excluding tert-OH is 2. The van der Waals surface area contributed by atoms with Crippen LogP contribution in [-0.2, 0) is 6.54 Å². The van der Waals surface area contributed by atoms with E-state index in [2.05, 4.69) is 30.9 Å². The summed E-state index contributed by atoms with van der Waals surface area (Å²) in [6.45, 7) is 5.74. The molecule has 0 amide bonds. The fraction of sp³-hybridized carbons (Fsp3) is 0.600. The van der Waals surface area contributed by atoms with E-state index >= 15 is 0 Å². The van der Waals surface area contributed by atoms with Gasteiger partial charge in [0.05, 0.1) is 12.2 Å². The monoisotopic (exact) mass is 249 g/mol. The lowest BCUT2D eigenvalue weighted by atomic mass is 9.89. The normalized spacial score (nSPS) is 29.7. The number of nitrogens with zero attached hydrogens (tertiary/aromatic N) is 1. The molecule has 1 heterocycles. The molecule has 1 aliphatic rings. The molecule has 0 bridgehead atoms. The summed E-state index contributed by atoms with van der Waals surface area (Å²) in [5.41, 5.74) is 1.26.